The third-order valence-corrected chi connectivity index (χ3v) is 14.6. The Kier molecular flexibility index (Phi) is 63.7. The average Bonchev–Trinajstić information content (AvgIpc) is 3.45. The SMILES string of the molecule is CC/C=C\C/C=C\C/C=C\C/C=C\CCCCCCCCCCCCCCCCCCCCCCCCC(=O)OCC(COC(=O)CCCCCCC/C=C\CCCCCC)OC(=O)CCCCC/C=C\C/C=C\C/C=C\CC. The van der Waals surface area contributed by atoms with Gasteiger partial charge in [0.15, 0.2) is 6.10 Å². The second kappa shape index (κ2) is 66.8. The van der Waals surface area contributed by atoms with Crippen molar-refractivity contribution in [1.29, 1.82) is 0 Å². The summed E-state index contributed by atoms with van der Waals surface area (Å²) in [6.45, 7) is 6.39. The number of ether oxygens (including phenoxy) is 3. The van der Waals surface area contributed by atoms with Gasteiger partial charge in [-0.2, -0.15) is 0 Å². The normalized spacial score (nSPS) is 12.7. The quantitative estimate of drug-likeness (QED) is 0.0261. The van der Waals surface area contributed by atoms with Crippen molar-refractivity contribution in [3.63, 3.8) is 0 Å². The Bertz CT molecular complexity index is 1540. The molecule has 79 heavy (non-hydrogen) atoms. The van der Waals surface area contributed by atoms with Crippen molar-refractivity contribution in [3.8, 4) is 0 Å². The number of carbonyl (C=O) groups excluding carboxylic acids is 3. The zero-order valence-electron chi connectivity index (χ0n) is 52.1. The van der Waals surface area contributed by atoms with E-state index in [1.54, 1.807) is 0 Å². The second-order valence-electron chi connectivity index (χ2n) is 22.3. The topological polar surface area (TPSA) is 78.9 Å². The molecule has 1 unspecified atom stereocenters. The van der Waals surface area contributed by atoms with E-state index in [2.05, 4.69) is 118 Å². The van der Waals surface area contributed by atoms with Gasteiger partial charge in [-0.15, -0.1) is 0 Å². The van der Waals surface area contributed by atoms with E-state index in [-0.39, 0.29) is 31.1 Å². The predicted octanol–water partition coefficient (Wildman–Crippen LogP) is 23.2. The average molecular weight is 1100 g/mol. The van der Waals surface area contributed by atoms with Crippen LogP contribution < -0.4 is 0 Å². The highest BCUT2D eigenvalue weighted by atomic mass is 16.6. The summed E-state index contributed by atoms with van der Waals surface area (Å²) in [7, 11) is 0. The van der Waals surface area contributed by atoms with Crippen LogP contribution >= 0.6 is 0 Å². The maximum absolute atomic E-state index is 12.8. The van der Waals surface area contributed by atoms with Gasteiger partial charge in [-0.3, -0.25) is 14.4 Å². The summed E-state index contributed by atoms with van der Waals surface area (Å²) in [4.78, 5) is 38.2. The molecule has 454 valence electrons. The number of hydrogen-bond acceptors (Lipinski definition) is 6. The molecule has 0 aliphatic rings. The Morgan fingerprint density at radius 3 is 0.797 bits per heavy atom. The summed E-state index contributed by atoms with van der Waals surface area (Å²) in [6.07, 6.45) is 90.3. The fourth-order valence-corrected chi connectivity index (χ4v) is 9.56. The summed E-state index contributed by atoms with van der Waals surface area (Å²) >= 11 is 0. The number of carbonyl (C=O) groups is 3. The molecule has 0 radical (unpaired) electrons. The van der Waals surface area contributed by atoms with Crippen molar-refractivity contribution in [2.45, 2.75) is 335 Å². The minimum atomic E-state index is -0.794. The molecule has 0 aliphatic carbocycles. The van der Waals surface area contributed by atoms with Crippen molar-refractivity contribution < 1.29 is 28.6 Å². The molecule has 0 heterocycles. The molecule has 0 saturated carbocycles. The molecule has 0 aromatic carbocycles. The molecular weight excluding hydrogens is 973 g/mol. The molecule has 0 amide bonds. The van der Waals surface area contributed by atoms with Crippen LogP contribution in [0, 0.1) is 0 Å². The summed E-state index contributed by atoms with van der Waals surface area (Å²) < 4.78 is 16.9. The first-order chi connectivity index (χ1) is 39.0. The van der Waals surface area contributed by atoms with Gasteiger partial charge >= 0.3 is 17.9 Å². The molecule has 0 bridgehead atoms. The highest BCUT2D eigenvalue weighted by Gasteiger charge is 2.19. The van der Waals surface area contributed by atoms with Gasteiger partial charge in [-0.1, -0.05) is 291 Å². The van der Waals surface area contributed by atoms with Crippen LogP contribution in [0.4, 0.5) is 0 Å². The van der Waals surface area contributed by atoms with E-state index in [9.17, 15) is 14.4 Å². The van der Waals surface area contributed by atoms with Gasteiger partial charge < -0.3 is 14.2 Å². The fraction of sp³-hybridized carbons (Fsp3) is 0.740. The summed E-state index contributed by atoms with van der Waals surface area (Å²) in [6, 6.07) is 0. The Morgan fingerprint density at radius 1 is 0.266 bits per heavy atom. The molecule has 0 fully saturated rings. The van der Waals surface area contributed by atoms with Crippen LogP contribution in [0.1, 0.15) is 329 Å². The molecular formula is C73H126O6. The zero-order valence-corrected chi connectivity index (χ0v) is 52.1. The largest absolute Gasteiger partial charge is 0.462 e. The summed E-state index contributed by atoms with van der Waals surface area (Å²) in [5.74, 6) is -0.915. The van der Waals surface area contributed by atoms with E-state index in [0.717, 1.165) is 116 Å². The zero-order chi connectivity index (χ0) is 57.1. The number of esters is 3. The maximum atomic E-state index is 12.8. The minimum absolute atomic E-state index is 0.0883. The van der Waals surface area contributed by atoms with E-state index in [1.165, 1.54) is 173 Å². The Labute approximate surface area is 489 Å². The molecule has 0 N–H and O–H groups in total. The van der Waals surface area contributed by atoms with Crippen molar-refractivity contribution in [3.05, 3.63) is 97.2 Å². The molecule has 6 nitrogen and oxygen atoms in total. The van der Waals surface area contributed by atoms with Crippen LogP contribution in [-0.4, -0.2) is 37.2 Å². The molecule has 1 atom stereocenters. The van der Waals surface area contributed by atoms with E-state index >= 15 is 0 Å². The molecule has 0 saturated heterocycles. The lowest BCUT2D eigenvalue weighted by Gasteiger charge is -2.18. The number of allylic oxidation sites excluding steroid dienone is 16. The monoisotopic (exact) mass is 1100 g/mol. The third kappa shape index (κ3) is 65.0. The molecule has 0 aliphatic heterocycles. The third-order valence-electron chi connectivity index (χ3n) is 14.6. The smallest absolute Gasteiger partial charge is 0.306 e. The standard InChI is InChI=1S/C73H126O6/c1-4-7-10-13-16-19-22-25-26-27-28-29-30-31-32-33-34-35-36-37-38-39-40-41-42-43-44-45-46-49-51-54-57-60-63-66-72(75)78-69-70(79-73(76)67-64-61-58-55-52-48-24-21-18-15-12-9-6-3)68-77-71(74)65-62-59-56-53-50-47-23-20-17-14-11-8-5-2/h7,9-10,12,16,18-21,23,25-26,28-29,48,52,70H,4-6,8,11,13-15,17,22,24,27,30-47,49-51,53-69H2,1-3H3/b10-7-,12-9-,19-16-,21-18-,23-20-,26-25-,29-28-,52-48-. The Morgan fingerprint density at radius 2 is 0.494 bits per heavy atom. The minimum Gasteiger partial charge on any atom is -0.462 e. The van der Waals surface area contributed by atoms with E-state index in [0.29, 0.717) is 19.3 Å². The van der Waals surface area contributed by atoms with Crippen LogP contribution in [0.25, 0.3) is 0 Å². The van der Waals surface area contributed by atoms with Gasteiger partial charge in [0.2, 0.25) is 0 Å². The first-order valence-corrected chi connectivity index (χ1v) is 33.7. The summed E-state index contributed by atoms with van der Waals surface area (Å²) in [5, 5.41) is 0. The lowest BCUT2D eigenvalue weighted by Crippen LogP contribution is -2.30. The predicted molar refractivity (Wildman–Crippen MR) is 344 cm³/mol. The first-order valence-electron chi connectivity index (χ1n) is 33.7. The van der Waals surface area contributed by atoms with Crippen LogP contribution in [0.5, 0.6) is 0 Å². The van der Waals surface area contributed by atoms with Gasteiger partial charge in [0.1, 0.15) is 13.2 Å². The van der Waals surface area contributed by atoms with Crippen LogP contribution in [0.15, 0.2) is 97.2 Å². The lowest BCUT2D eigenvalue weighted by atomic mass is 10.0. The van der Waals surface area contributed by atoms with Crippen LogP contribution in [0.3, 0.4) is 0 Å². The molecule has 0 rings (SSSR count). The van der Waals surface area contributed by atoms with Gasteiger partial charge in [0, 0.05) is 19.3 Å². The van der Waals surface area contributed by atoms with Gasteiger partial charge in [0.05, 0.1) is 0 Å². The highest BCUT2D eigenvalue weighted by molar-refractivity contribution is 5.71. The second-order valence-corrected chi connectivity index (χ2v) is 22.3. The molecule has 6 heteroatoms. The van der Waals surface area contributed by atoms with Gasteiger partial charge in [-0.25, -0.2) is 0 Å². The molecule has 0 spiro atoms. The van der Waals surface area contributed by atoms with Crippen molar-refractivity contribution in [1.82, 2.24) is 0 Å². The number of rotatable bonds is 61. The first kappa shape index (κ1) is 75.3. The van der Waals surface area contributed by atoms with Gasteiger partial charge in [-0.05, 0) is 116 Å². The lowest BCUT2D eigenvalue weighted by molar-refractivity contribution is -0.167. The van der Waals surface area contributed by atoms with Crippen molar-refractivity contribution in [2.24, 2.45) is 0 Å². The van der Waals surface area contributed by atoms with E-state index in [4.69, 9.17) is 14.2 Å². The fourth-order valence-electron chi connectivity index (χ4n) is 9.56. The Hall–Kier alpha value is -3.67. The highest BCUT2D eigenvalue weighted by Crippen LogP contribution is 2.17. The van der Waals surface area contributed by atoms with E-state index < -0.39 is 6.10 Å². The van der Waals surface area contributed by atoms with Gasteiger partial charge in [0.25, 0.3) is 0 Å². The van der Waals surface area contributed by atoms with E-state index in [1.807, 2.05) is 0 Å². The van der Waals surface area contributed by atoms with Crippen LogP contribution in [0.2, 0.25) is 0 Å². The van der Waals surface area contributed by atoms with Crippen LogP contribution in [-0.2, 0) is 28.6 Å². The number of hydrogen-bond donors (Lipinski definition) is 0. The van der Waals surface area contributed by atoms with Crippen molar-refractivity contribution >= 4 is 17.9 Å². The molecule has 0 aromatic rings. The molecule has 0 aromatic heterocycles. The number of unbranched alkanes of at least 4 members (excludes halogenated alkanes) is 34. The Balaban J connectivity index is 4.07. The van der Waals surface area contributed by atoms with Crippen molar-refractivity contribution in [2.75, 3.05) is 13.2 Å². The summed E-state index contributed by atoms with van der Waals surface area (Å²) in [5.41, 5.74) is 0. The maximum Gasteiger partial charge on any atom is 0.306 e.